The molecule has 0 saturated carbocycles. The van der Waals surface area contributed by atoms with Crippen molar-refractivity contribution in [3.8, 4) is 17.1 Å². The predicted octanol–water partition coefficient (Wildman–Crippen LogP) is 3.69. The molecular weight excluding hydrogens is 426 g/mol. The van der Waals surface area contributed by atoms with Crippen LogP contribution in [0.4, 0.5) is 0 Å². The Morgan fingerprint density at radius 1 is 1.19 bits per heavy atom. The zero-order chi connectivity index (χ0) is 18.8. The van der Waals surface area contributed by atoms with Gasteiger partial charge in [0.05, 0.1) is 4.53 Å². The SMILES string of the molecule is C=CCOc1ccccc1/C=c1/sc2nc(-c3ccc(Br)cc3)nn2c1=O. The molecule has 134 valence electrons. The van der Waals surface area contributed by atoms with Crippen LogP contribution in [0.2, 0.25) is 0 Å². The van der Waals surface area contributed by atoms with Gasteiger partial charge in [-0.25, -0.2) is 0 Å². The van der Waals surface area contributed by atoms with Crippen molar-refractivity contribution in [3.05, 3.63) is 86.1 Å². The molecular formula is C20H14BrN3O2S. The van der Waals surface area contributed by atoms with Gasteiger partial charge in [-0.1, -0.05) is 70.3 Å². The van der Waals surface area contributed by atoms with Crippen molar-refractivity contribution in [2.45, 2.75) is 0 Å². The van der Waals surface area contributed by atoms with Crippen LogP contribution >= 0.6 is 27.3 Å². The number of benzene rings is 2. The molecule has 0 N–H and O–H groups in total. The van der Waals surface area contributed by atoms with Gasteiger partial charge >= 0.3 is 0 Å². The lowest BCUT2D eigenvalue weighted by atomic mass is 10.2. The smallest absolute Gasteiger partial charge is 0.291 e. The van der Waals surface area contributed by atoms with Crippen molar-refractivity contribution < 1.29 is 4.74 Å². The summed E-state index contributed by atoms with van der Waals surface area (Å²) in [7, 11) is 0. The van der Waals surface area contributed by atoms with Gasteiger partial charge in [0, 0.05) is 15.6 Å². The van der Waals surface area contributed by atoms with E-state index < -0.39 is 0 Å². The van der Waals surface area contributed by atoms with E-state index in [1.807, 2.05) is 48.5 Å². The minimum atomic E-state index is -0.190. The van der Waals surface area contributed by atoms with E-state index in [1.54, 1.807) is 12.2 Å². The average Bonchev–Trinajstić information content (AvgIpc) is 3.21. The Labute approximate surface area is 167 Å². The molecule has 0 fully saturated rings. The van der Waals surface area contributed by atoms with Crippen LogP contribution < -0.4 is 14.8 Å². The third-order valence-electron chi connectivity index (χ3n) is 3.85. The molecule has 0 aliphatic heterocycles. The molecule has 5 nitrogen and oxygen atoms in total. The second kappa shape index (κ2) is 7.46. The van der Waals surface area contributed by atoms with E-state index in [0.29, 0.717) is 27.7 Å². The van der Waals surface area contributed by atoms with Crippen LogP contribution in [0.5, 0.6) is 5.75 Å². The summed E-state index contributed by atoms with van der Waals surface area (Å²) in [6.45, 7) is 4.06. The third kappa shape index (κ3) is 3.56. The largest absolute Gasteiger partial charge is 0.489 e. The summed E-state index contributed by atoms with van der Waals surface area (Å²) in [5.41, 5.74) is 1.50. The molecule has 4 rings (SSSR count). The molecule has 0 amide bonds. The fraction of sp³-hybridized carbons (Fsp3) is 0.0500. The number of rotatable bonds is 5. The summed E-state index contributed by atoms with van der Waals surface area (Å²) >= 11 is 4.71. The highest BCUT2D eigenvalue weighted by molar-refractivity contribution is 9.10. The Morgan fingerprint density at radius 2 is 1.96 bits per heavy atom. The number of thiazole rings is 1. The summed E-state index contributed by atoms with van der Waals surface area (Å²) in [5.74, 6) is 1.23. The first-order valence-corrected chi connectivity index (χ1v) is 9.76. The highest BCUT2D eigenvalue weighted by Crippen LogP contribution is 2.20. The van der Waals surface area contributed by atoms with Crippen LogP contribution in [-0.4, -0.2) is 21.2 Å². The number of hydrogen-bond donors (Lipinski definition) is 0. The molecule has 0 aliphatic carbocycles. The topological polar surface area (TPSA) is 56.5 Å². The molecule has 0 atom stereocenters. The maximum Gasteiger partial charge on any atom is 0.291 e. The van der Waals surface area contributed by atoms with Crippen molar-refractivity contribution in [2.75, 3.05) is 6.61 Å². The molecule has 7 heteroatoms. The number of nitrogens with zero attached hydrogens (tertiary/aromatic N) is 3. The van der Waals surface area contributed by atoms with Crippen molar-refractivity contribution in [3.63, 3.8) is 0 Å². The lowest BCUT2D eigenvalue weighted by Crippen LogP contribution is -2.23. The Hall–Kier alpha value is -2.77. The van der Waals surface area contributed by atoms with E-state index in [1.165, 1.54) is 15.9 Å². The van der Waals surface area contributed by atoms with Crippen LogP contribution in [0.15, 0.2) is 70.5 Å². The van der Waals surface area contributed by atoms with E-state index in [9.17, 15) is 4.79 Å². The van der Waals surface area contributed by atoms with E-state index in [2.05, 4.69) is 32.6 Å². The van der Waals surface area contributed by atoms with Gasteiger partial charge in [0.25, 0.3) is 5.56 Å². The van der Waals surface area contributed by atoms with Gasteiger partial charge in [0.1, 0.15) is 12.4 Å². The molecule has 0 aliphatic rings. The Kier molecular flexibility index (Phi) is 4.87. The summed E-state index contributed by atoms with van der Waals surface area (Å²) < 4.78 is 8.54. The van der Waals surface area contributed by atoms with Crippen LogP contribution in [0.25, 0.3) is 22.4 Å². The number of fused-ring (bicyclic) bond motifs is 1. The fourth-order valence-electron chi connectivity index (χ4n) is 2.58. The molecule has 0 spiro atoms. The van der Waals surface area contributed by atoms with Crippen LogP contribution in [-0.2, 0) is 0 Å². The van der Waals surface area contributed by atoms with E-state index in [0.717, 1.165) is 15.6 Å². The standard InChI is InChI=1S/C20H14BrN3O2S/c1-2-11-26-16-6-4-3-5-14(16)12-17-19(25)24-20(27-17)22-18(23-24)13-7-9-15(21)10-8-13/h2-10,12H,1,11H2/b17-12+. The summed E-state index contributed by atoms with van der Waals surface area (Å²) in [5, 5.41) is 4.37. The van der Waals surface area contributed by atoms with Gasteiger partial charge in [-0.15, -0.1) is 5.10 Å². The van der Waals surface area contributed by atoms with Gasteiger partial charge in [0.15, 0.2) is 5.82 Å². The Balaban J connectivity index is 1.76. The number of para-hydroxylation sites is 1. The predicted molar refractivity (Wildman–Crippen MR) is 111 cm³/mol. The van der Waals surface area contributed by atoms with Crippen LogP contribution in [0.1, 0.15) is 5.56 Å². The number of ether oxygens (including phenoxy) is 1. The molecule has 0 radical (unpaired) electrons. The van der Waals surface area contributed by atoms with Crippen molar-refractivity contribution >= 4 is 38.3 Å². The average molecular weight is 440 g/mol. The van der Waals surface area contributed by atoms with Gasteiger partial charge in [-0.05, 0) is 24.3 Å². The fourth-order valence-corrected chi connectivity index (χ4v) is 3.74. The molecule has 2 aromatic heterocycles. The lowest BCUT2D eigenvalue weighted by molar-refractivity contribution is 0.362. The van der Waals surface area contributed by atoms with Crippen molar-refractivity contribution in [2.24, 2.45) is 0 Å². The van der Waals surface area contributed by atoms with Gasteiger partial charge in [-0.3, -0.25) is 4.79 Å². The maximum absolute atomic E-state index is 12.7. The monoisotopic (exact) mass is 439 g/mol. The zero-order valence-electron chi connectivity index (χ0n) is 14.1. The highest BCUT2D eigenvalue weighted by Gasteiger charge is 2.12. The van der Waals surface area contributed by atoms with Crippen molar-refractivity contribution in [1.82, 2.24) is 14.6 Å². The van der Waals surface area contributed by atoms with Gasteiger partial charge in [-0.2, -0.15) is 9.50 Å². The summed E-state index contributed by atoms with van der Waals surface area (Å²) in [4.78, 5) is 17.8. The molecule has 0 unspecified atom stereocenters. The van der Waals surface area contributed by atoms with Gasteiger partial charge < -0.3 is 4.74 Å². The molecule has 0 bridgehead atoms. The molecule has 2 aromatic carbocycles. The normalized spacial score (nSPS) is 11.8. The second-order valence-corrected chi connectivity index (χ2v) is 7.61. The van der Waals surface area contributed by atoms with Crippen molar-refractivity contribution in [1.29, 1.82) is 0 Å². The molecule has 4 aromatic rings. The maximum atomic E-state index is 12.7. The van der Waals surface area contributed by atoms with Crippen LogP contribution in [0, 0.1) is 0 Å². The first-order chi connectivity index (χ1) is 13.2. The number of aromatic nitrogens is 3. The lowest BCUT2D eigenvalue weighted by Gasteiger charge is -2.05. The Morgan fingerprint density at radius 3 is 2.70 bits per heavy atom. The quantitative estimate of drug-likeness (QED) is 0.445. The second-order valence-electron chi connectivity index (χ2n) is 5.69. The first-order valence-electron chi connectivity index (χ1n) is 8.15. The minimum absolute atomic E-state index is 0.190. The zero-order valence-corrected chi connectivity index (χ0v) is 16.5. The third-order valence-corrected chi connectivity index (χ3v) is 5.33. The number of halogens is 1. The van der Waals surface area contributed by atoms with E-state index >= 15 is 0 Å². The minimum Gasteiger partial charge on any atom is -0.489 e. The highest BCUT2D eigenvalue weighted by atomic mass is 79.9. The van der Waals surface area contributed by atoms with Crippen LogP contribution in [0.3, 0.4) is 0 Å². The van der Waals surface area contributed by atoms with E-state index in [-0.39, 0.29) is 5.56 Å². The van der Waals surface area contributed by atoms with Gasteiger partial charge in [0.2, 0.25) is 4.96 Å². The molecule has 27 heavy (non-hydrogen) atoms. The Bertz CT molecular complexity index is 1230. The first kappa shape index (κ1) is 17.6. The molecule has 0 saturated heterocycles. The summed E-state index contributed by atoms with van der Waals surface area (Å²) in [6, 6.07) is 15.2. The number of hydrogen-bond acceptors (Lipinski definition) is 5. The van der Waals surface area contributed by atoms with E-state index in [4.69, 9.17) is 4.74 Å². The summed E-state index contributed by atoms with van der Waals surface area (Å²) in [6.07, 6.45) is 3.49. The molecule has 2 heterocycles.